The molecule has 6 nitrogen and oxygen atoms in total. The number of halogens is 2. The van der Waals surface area contributed by atoms with Crippen molar-refractivity contribution in [3.8, 4) is 11.4 Å². The summed E-state index contributed by atoms with van der Waals surface area (Å²) < 4.78 is 18.2. The van der Waals surface area contributed by atoms with Gasteiger partial charge in [-0.25, -0.2) is 4.39 Å². The maximum Gasteiger partial charge on any atom is 0.252 e. The number of nitrogens with one attached hydrogen (secondary N) is 1. The zero-order chi connectivity index (χ0) is 16.6. The van der Waals surface area contributed by atoms with Gasteiger partial charge in [0.25, 0.3) is 5.89 Å². The average Bonchev–Trinajstić information content (AvgIpc) is 3.23. The Bertz CT molecular complexity index is 731. The standard InChI is InChI=1S/C15H15ClFN3O3/c1-7(21)12(18-14(22)8-2-3-8)15-19-13(20-23-15)10-5-4-9(17)6-11(10)16/h4-8,12,21H,2-3H2,1H3,(H,18,22)/t7-,12+/m1/s1. The molecule has 0 saturated heterocycles. The van der Waals surface area contributed by atoms with Crippen LogP contribution in [-0.4, -0.2) is 27.3 Å². The number of rotatable bonds is 5. The maximum atomic E-state index is 13.1. The zero-order valence-corrected chi connectivity index (χ0v) is 13.0. The lowest BCUT2D eigenvalue weighted by atomic mass is 10.1. The summed E-state index contributed by atoms with van der Waals surface area (Å²) in [7, 11) is 0. The van der Waals surface area contributed by atoms with Gasteiger partial charge in [0.1, 0.15) is 11.9 Å². The van der Waals surface area contributed by atoms with Crippen molar-refractivity contribution in [2.24, 2.45) is 5.92 Å². The van der Waals surface area contributed by atoms with Gasteiger partial charge in [-0.15, -0.1) is 0 Å². The second-order valence-electron chi connectivity index (χ2n) is 5.58. The van der Waals surface area contributed by atoms with E-state index in [1.54, 1.807) is 0 Å². The summed E-state index contributed by atoms with van der Waals surface area (Å²) in [6.07, 6.45) is 0.784. The zero-order valence-electron chi connectivity index (χ0n) is 12.3. The Kier molecular flexibility index (Phi) is 4.32. The molecule has 2 atom stereocenters. The van der Waals surface area contributed by atoms with Crippen molar-refractivity contribution in [2.75, 3.05) is 0 Å². The van der Waals surface area contributed by atoms with Gasteiger partial charge >= 0.3 is 0 Å². The van der Waals surface area contributed by atoms with E-state index in [0.717, 1.165) is 18.9 Å². The van der Waals surface area contributed by atoms with Crippen LogP contribution in [0.2, 0.25) is 5.02 Å². The number of aliphatic hydroxyl groups is 1. The van der Waals surface area contributed by atoms with Crippen LogP contribution < -0.4 is 5.32 Å². The van der Waals surface area contributed by atoms with Gasteiger partial charge in [-0.05, 0) is 38.0 Å². The highest BCUT2D eigenvalue weighted by Gasteiger charge is 2.34. The van der Waals surface area contributed by atoms with Crippen molar-refractivity contribution in [1.82, 2.24) is 15.5 Å². The second-order valence-corrected chi connectivity index (χ2v) is 5.99. The number of aromatic nitrogens is 2. The van der Waals surface area contributed by atoms with Gasteiger partial charge in [0.2, 0.25) is 11.7 Å². The Morgan fingerprint density at radius 1 is 1.52 bits per heavy atom. The number of hydrogen-bond donors (Lipinski definition) is 2. The third kappa shape index (κ3) is 3.51. The van der Waals surface area contributed by atoms with Crippen molar-refractivity contribution >= 4 is 17.5 Å². The molecular formula is C15H15ClFN3O3. The molecule has 1 amide bonds. The summed E-state index contributed by atoms with van der Waals surface area (Å²) in [5.74, 6) is -0.387. The Morgan fingerprint density at radius 3 is 2.87 bits per heavy atom. The predicted molar refractivity (Wildman–Crippen MR) is 80.0 cm³/mol. The maximum absolute atomic E-state index is 13.1. The molecule has 1 heterocycles. The first kappa shape index (κ1) is 15.9. The molecule has 1 fully saturated rings. The van der Waals surface area contributed by atoms with E-state index in [1.165, 1.54) is 19.1 Å². The number of benzene rings is 1. The van der Waals surface area contributed by atoms with E-state index in [2.05, 4.69) is 15.5 Å². The van der Waals surface area contributed by atoms with E-state index in [4.69, 9.17) is 16.1 Å². The summed E-state index contributed by atoms with van der Waals surface area (Å²) in [5.41, 5.74) is 0.404. The first-order valence-corrected chi connectivity index (χ1v) is 7.61. The van der Waals surface area contributed by atoms with Crippen LogP contribution >= 0.6 is 11.6 Å². The SMILES string of the molecule is C[C@@H](O)[C@H](NC(=O)C1CC1)c1nc(-c2ccc(F)cc2Cl)no1. The minimum absolute atomic E-state index is 0.00909. The molecule has 1 aromatic heterocycles. The van der Waals surface area contributed by atoms with Crippen LogP contribution in [-0.2, 0) is 4.79 Å². The van der Waals surface area contributed by atoms with E-state index in [9.17, 15) is 14.3 Å². The van der Waals surface area contributed by atoms with E-state index >= 15 is 0 Å². The molecule has 1 aliphatic rings. The number of carbonyl (C=O) groups is 1. The van der Waals surface area contributed by atoms with Crippen LogP contribution in [0.15, 0.2) is 22.7 Å². The van der Waals surface area contributed by atoms with Crippen LogP contribution in [0.1, 0.15) is 31.7 Å². The highest BCUT2D eigenvalue weighted by atomic mass is 35.5. The van der Waals surface area contributed by atoms with Gasteiger partial charge < -0.3 is 14.9 Å². The lowest BCUT2D eigenvalue weighted by molar-refractivity contribution is -0.124. The molecular weight excluding hydrogens is 325 g/mol. The summed E-state index contributed by atoms with van der Waals surface area (Å²) in [4.78, 5) is 16.1. The number of hydrogen-bond acceptors (Lipinski definition) is 5. The van der Waals surface area contributed by atoms with E-state index in [1.807, 2.05) is 0 Å². The topological polar surface area (TPSA) is 88.2 Å². The van der Waals surface area contributed by atoms with Crippen molar-refractivity contribution in [1.29, 1.82) is 0 Å². The van der Waals surface area contributed by atoms with Gasteiger partial charge in [-0.2, -0.15) is 4.98 Å². The van der Waals surface area contributed by atoms with Crippen molar-refractivity contribution < 1.29 is 18.8 Å². The fourth-order valence-corrected chi connectivity index (χ4v) is 2.40. The van der Waals surface area contributed by atoms with Gasteiger partial charge in [-0.1, -0.05) is 16.8 Å². The molecule has 0 aliphatic heterocycles. The lowest BCUT2D eigenvalue weighted by Crippen LogP contribution is -2.36. The van der Waals surface area contributed by atoms with Crippen LogP contribution in [0.3, 0.4) is 0 Å². The normalized spacial score (nSPS) is 16.9. The summed E-state index contributed by atoms with van der Waals surface area (Å²) in [6, 6.07) is 3.02. The van der Waals surface area contributed by atoms with Crippen LogP contribution in [0, 0.1) is 11.7 Å². The molecule has 0 unspecified atom stereocenters. The van der Waals surface area contributed by atoms with Crippen molar-refractivity contribution in [3.63, 3.8) is 0 Å². The number of carbonyl (C=O) groups excluding carboxylic acids is 1. The molecule has 1 aromatic carbocycles. The summed E-state index contributed by atoms with van der Waals surface area (Å²) in [5, 5.41) is 16.5. The Balaban J connectivity index is 1.84. The number of aliphatic hydroxyl groups excluding tert-OH is 1. The van der Waals surface area contributed by atoms with E-state index in [0.29, 0.717) is 5.56 Å². The molecule has 23 heavy (non-hydrogen) atoms. The fourth-order valence-electron chi connectivity index (χ4n) is 2.15. The average molecular weight is 340 g/mol. The molecule has 3 rings (SSSR count). The third-order valence-corrected chi connectivity index (χ3v) is 3.92. The Morgan fingerprint density at radius 2 is 2.26 bits per heavy atom. The van der Waals surface area contributed by atoms with Gasteiger partial charge in [0, 0.05) is 11.5 Å². The van der Waals surface area contributed by atoms with Crippen LogP contribution in [0.5, 0.6) is 0 Å². The van der Waals surface area contributed by atoms with Gasteiger partial charge in [-0.3, -0.25) is 4.79 Å². The Hall–Kier alpha value is -1.99. The molecule has 122 valence electrons. The highest BCUT2D eigenvalue weighted by Crippen LogP contribution is 2.31. The molecule has 2 N–H and O–H groups in total. The first-order valence-electron chi connectivity index (χ1n) is 7.23. The number of nitrogens with zero attached hydrogens (tertiary/aromatic N) is 2. The Labute approximate surface area is 136 Å². The molecule has 0 radical (unpaired) electrons. The van der Waals surface area contributed by atoms with Crippen LogP contribution in [0.25, 0.3) is 11.4 Å². The first-order chi connectivity index (χ1) is 11.0. The molecule has 0 spiro atoms. The second kappa shape index (κ2) is 6.25. The molecule has 8 heteroatoms. The molecule has 2 aromatic rings. The highest BCUT2D eigenvalue weighted by molar-refractivity contribution is 6.33. The molecule has 1 saturated carbocycles. The number of amides is 1. The molecule has 1 aliphatic carbocycles. The quantitative estimate of drug-likeness (QED) is 0.873. The third-order valence-electron chi connectivity index (χ3n) is 3.61. The predicted octanol–water partition coefficient (Wildman–Crippen LogP) is 2.48. The minimum Gasteiger partial charge on any atom is -0.391 e. The van der Waals surface area contributed by atoms with Crippen molar-refractivity contribution in [2.45, 2.75) is 31.9 Å². The van der Waals surface area contributed by atoms with Crippen molar-refractivity contribution in [3.05, 3.63) is 34.9 Å². The van der Waals surface area contributed by atoms with Gasteiger partial charge in [0.15, 0.2) is 0 Å². The summed E-state index contributed by atoms with van der Waals surface area (Å²) >= 11 is 5.97. The van der Waals surface area contributed by atoms with E-state index < -0.39 is 18.0 Å². The monoisotopic (exact) mass is 339 g/mol. The van der Waals surface area contributed by atoms with Crippen LogP contribution in [0.4, 0.5) is 4.39 Å². The summed E-state index contributed by atoms with van der Waals surface area (Å²) in [6.45, 7) is 1.52. The van der Waals surface area contributed by atoms with E-state index in [-0.39, 0.29) is 28.6 Å². The minimum atomic E-state index is -0.908. The smallest absolute Gasteiger partial charge is 0.252 e. The molecule has 0 bridgehead atoms. The lowest BCUT2D eigenvalue weighted by Gasteiger charge is -2.17. The van der Waals surface area contributed by atoms with Gasteiger partial charge in [0.05, 0.1) is 11.1 Å². The largest absolute Gasteiger partial charge is 0.391 e. The fraction of sp³-hybridized carbons (Fsp3) is 0.400.